The number of aliphatic hydroxyl groups excluding tert-OH is 2. The standard InChI is InChI=1S/C43H70N12O14S/c1-24(2)36(41(65)54-37(26(4)58)42(66)51-29(21-57)40(64)49-25(3)20-56)53-35(62)19-47-39(63)28(17-27-18-44-23-48-27)50-34(61)10-9-33(60)46-12-14-69-16-15-68-13-11-45-32(59)8-6-5-7-31-38-30(22-70-31)52-43(67)55-38/h18,20,23-26,28-31,36-38,57-58H,5-17,19,21-22H2,1-4H3,(H,44,48)(H,45,59)(H,46,60)(H,47,63)(H,49,64)(H,50,61)(H,51,66)(H,53,62)(H,54,65)(H2,52,55,67)/t25?,26?,28-,29-,30?,31-,36-,37?,38-/m0/s1. The first-order chi connectivity index (χ1) is 33.4. The lowest BCUT2D eigenvalue weighted by Crippen LogP contribution is -2.61. The zero-order valence-electron chi connectivity index (χ0n) is 40.0. The number of H-pyrrole nitrogens is 1. The Morgan fingerprint density at radius 3 is 2.03 bits per heavy atom. The zero-order chi connectivity index (χ0) is 51.6. The lowest BCUT2D eigenvalue weighted by atomic mass is 10.0. The van der Waals surface area contributed by atoms with Gasteiger partial charge in [0.15, 0.2) is 0 Å². The molecule has 2 saturated heterocycles. The molecular formula is C43H70N12O14S. The number of nitrogens with one attached hydrogen (secondary N) is 11. The molecule has 0 bridgehead atoms. The summed E-state index contributed by atoms with van der Waals surface area (Å²) in [5.74, 6) is -5.20. The number of aliphatic hydroxyl groups is 2. The third-order valence-corrected chi connectivity index (χ3v) is 12.4. The fourth-order valence-electron chi connectivity index (χ4n) is 7.13. The molecule has 10 amide bonds. The van der Waals surface area contributed by atoms with Crippen LogP contribution >= 0.6 is 11.8 Å². The van der Waals surface area contributed by atoms with E-state index in [4.69, 9.17) is 9.47 Å². The molecule has 13 N–H and O–H groups in total. The molecule has 70 heavy (non-hydrogen) atoms. The number of aldehydes is 1. The number of imidazole rings is 1. The second-order valence-corrected chi connectivity index (χ2v) is 18.4. The molecule has 0 spiro atoms. The van der Waals surface area contributed by atoms with Gasteiger partial charge in [0.2, 0.25) is 47.3 Å². The van der Waals surface area contributed by atoms with E-state index in [9.17, 15) is 58.2 Å². The van der Waals surface area contributed by atoms with Gasteiger partial charge >= 0.3 is 6.03 Å². The van der Waals surface area contributed by atoms with Crippen LogP contribution in [0.1, 0.15) is 71.9 Å². The van der Waals surface area contributed by atoms with Crippen molar-refractivity contribution in [3.05, 3.63) is 18.2 Å². The van der Waals surface area contributed by atoms with E-state index in [2.05, 4.69) is 63.1 Å². The van der Waals surface area contributed by atoms with E-state index in [1.165, 1.54) is 26.4 Å². The normalized spacial score (nSPS) is 18.6. The lowest BCUT2D eigenvalue weighted by Gasteiger charge is -2.27. The van der Waals surface area contributed by atoms with E-state index < -0.39 is 96.7 Å². The number of unbranched alkanes of at least 4 members (excludes halogenated alkanes) is 1. The maximum absolute atomic E-state index is 13.3. The third kappa shape index (κ3) is 21.4. The van der Waals surface area contributed by atoms with Crippen molar-refractivity contribution in [3.63, 3.8) is 0 Å². The Morgan fingerprint density at radius 2 is 1.41 bits per heavy atom. The Kier molecular flexibility index (Phi) is 26.2. The maximum atomic E-state index is 13.3. The predicted octanol–water partition coefficient (Wildman–Crippen LogP) is -4.49. The van der Waals surface area contributed by atoms with Gasteiger partial charge in [0.1, 0.15) is 30.5 Å². The number of nitrogens with zero attached hydrogens (tertiary/aromatic N) is 1. The summed E-state index contributed by atoms with van der Waals surface area (Å²) in [6.07, 6.45) is 4.24. The number of thioether (sulfide) groups is 1. The predicted molar refractivity (Wildman–Crippen MR) is 251 cm³/mol. The first-order valence-corrected chi connectivity index (χ1v) is 24.3. The van der Waals surface area contributed by atoms with Gasteiger partial charge in [-0.1, -0.05) is 20.3 Å². The van der Waals surface area contributed by atoms with Crippen LogP contribution in [0.5, 0.6) is 0 Å². The van der Waals surface area contributed by atoms with Crippen molar-refractivity contribution in [2.24, 2.45) is 5.92 Å². The number of ether oxygens (including phenoxy) is 2. The number of hydrogen-bond acceptors (Lipinski definition) is 16. The van der Waals surface area contributed by atoms with Gasteiger partial charge in [-0.3, -0.25) is 38.4 Å². The van der Waals surface area contributed by atoms with Crippen LogP contribution in [0.2, 0.25) is 0 Å². The van der Waals surface area contributed by atoms with E-state index >= 15 is 0 Å². The second-order valence-electron chi connectivity index (χ2n) is 17.1. The van der Waals surface area contributed by atoms with Crippen molar-refractivity contribution in [1.29, 1.82) is 0 Å². The molecule has 392 valence electrons. The fraction of sp³-hybridized carbons (Fsp3) is 0.698. The van der Waals surface area contributed by atoms with Crippen LogP contribution < -0.4 is 53.2 Å². The molecule has 2 aliphatic rings. The molecule has 0 saturated carbocycles. The van der Waals surface area contributed by atoms with Crippen molar-refractivity contribution >= 4 is 71.3 Å². The summed E-state index contributed by atoms with van der Waals surface area (Å²) in [7, 11) is 0. The minimum absolute atomic E-state index is 0.0482. The van der Waals surface area contributed by atoms with Crippen LogP contribution in [-0.2, 0) is 59.0 Å². The number of amides is 10. The van der Waals surface area contributed by atoms with Gasteiger partial charge in [0, 0.05) is 61.7 Å². The summed E-state index contributed by atoms with van der Waals surface area (Å²) in [6.45, 7) is 5.78. The second kappa shape index (κ2) is 31.4. The zero-order valence-corrected chi connectivity index (χ0v) is 40.8. The highest BCUT2D eigenvalue weighted by Crippen LogP contribution is 2.33. The number of hydrogen-bond donors (Lipinski definition) is 13. The van der Waals surface area contributed by atoms with Gasteiger partial charge < -0.3 is 82.6 Å². The van der Waals surface area contributed by atoms with Gasteiger partial charge in [0.25, 0.3) is 0 Å². The molecule has 0 radical (unpaired) electrons. The minimum atomic E-state index is -1.64. The summed E-state index contributed by atoms with van der Waals surface area (Å²) in [6, 6.07) is -6.33. The van der Waals surface area contributed by atoms with Gasteiger partial charge in [-0.25, -0.2) is 9.78 Å². The van der Waals surface area contributed by atoms with E-state index in [1.807, 2.05) is 11.8 Å². The Bertz CT molecular complexity index is 1890. The fourth-order valence-corrected chi connectivity index (χ4v) is 8.67. The van der Waals surface area contributed by atoms with E-state index in [0.29, 0.717) is 36.8 Å². The highest BCUT2D eigenvalue weighted by Gasteiger charge is 2.42. The molecule has 2 fully saturated rings. The highest BCUT2D eigenvalue weighted by molar-refractivity contribution is 8.00. The topological polar surface area (TPSA) is 379 Å². The molecule has 0 aromatic carbocycles. The SMILES string of the molecule is CC(C=O)NC(=O)[C@H](CO)NC(=O)C(NC(=O)[C@@H](NC(=O)CNC(=O)[C@H](Cc1cnc[nH]1)NC(=O)CCC(=O)NCCOCCOCCNC(=O)CCCC[C@@H]1SCC2NC(=O)N[C@@H]21)C(C)C)C(C)O. The third-order valence-electron chi connectivity index (χ3n) is 10.9. The van der Waals surface area contributed by atoms with Crippen LogP contribution in [0.4, 0.5) is 4.79 Å². The van der Waals surface area contributed by atoms with Crippen molar-refractivity contribution in [1.82, 2.24) is 63.1 Å². The molecule has 2 aliphatic heterocycles. The molecule has 1 aromatic heterocycles. The summed E-state index contributed by atoms with van der Waals surface area (Å²) in [4.78, 5) is 132. The molecule has 4 unspecified atom stereocenters. The summed E-state index contributed by atoms with van der Waals surface area (Å²) >= 11 is 1.85. The average Bonchev–Trinajstić information content (AvgIpc) is 4.07. The number of carbonyl (C=O) groups is 10. The smallest absolute Gasteiger partial charge is 0.315 e. The molecule has 27 heteroatoms. The Hall–Kier alpha value is -5.90. The number of carbonyl (C=O) groups excluding carboxylic acids is 10. The van der Waals surface area contributed by atoms with E-state index in [1.54, 1.807) is 13.8 Å². The Balaban J connectivity index is 1.31. The van der Waals surface area contributed by atoms with E-state index in [0.717, 1.165) is 25.0 Å². The largest absolute Gasteiger partial charge is 0.394 e. The van der Waals surface area contributed by atoms with Crippen molar-refractivity contribution in [2.45, 2.75) is 126 Å². The van der Waals surface area contributed by atoms with Gasteiger partial charge in [-0.15, -0.1) is 0 Å². The lowest BCUT2D eigenvalue weighted by molar-refractivity contribution is -0.137. The molecule has 3 heterocycles. The van der Waals surface area contributed by atoms with Gasteiger partial charge in [0.05, 0.1) is 70.1 Å². The molecule has 1 aromatic rings. The van der Waals surface area contributed by atoms with Crippen LogP contribution in [-0.4, -0.2) is 192 Å². The van der Waals surface area contributed by atoms with Crippen LogP contribution in [0.25, 0.3) is 0 Å². The van der Waals surface area contributed by atoms with Crippen LogP contribution in [0, 0.1) is 5.92 Å². The Labute approximate surface area is 409 Å². The molecule has 3 rings (SSSR count). The summed E-state index contributed by atoms with van der Waals surface area (Å²) in [5.41, 5.74) is 0.477. The monoisotopic (exact) mass is 1010 g/mol. The van der Waals surface area contributed by atoms with Crippen molar-refractivity contribution in [3.8, 4) is 0 Å². The van der Waals surface area contributed by atoms with Crippen molar-refractivity contribution in [2.75, 3.05) is 58.4 Å². The average molecular weight is 1010 g/mol. The Morgan fingerprint density at radius 1 is 0.757 bits per heavy atom. The van der Waals surface area contributed by atoms with Crippen LogP contribution in [0.3, 0.4) is 0 Å². The first kappa shape index (κ1) is 58.4. The molecule has 9 atom stereocenters. The first-order valence-electron chi connectivity index (χ1n) is 23.3. The number of aromatic amines is 1. The molecule has 0 aliphatic carbocycles. The van der Waals surface area contributed by atoms with E-state index in [-0.39, 0.29) is 69.6 Å². The number of fused-ring (bicyclic) bond motifs is 1. The maximum Gasteiger partial charge on any atom is 0.315 e. The quantitative estimate of drug-likeness (QED) is 0.0176. The van der Waals surface area contributed by atoms with Crippen LogP contribution in [0.15, 0.2) is 12.5 Å². The summed E-state index contributed by atoms with van der Waals surface area (Å²) < 4.78 is 11.0. The highest BCUT2D eigenvalue weighted by atomic mass is 32.2. The minimum Gasteiger partial charge on any atom is -0.394 e. The molecule has 26 nitrogen and oxygen atoms in total. The molecular weight excluding hydrogens is 941 g/mol. The number of aromatic nitrogens is 2. The van der Waals surface area contributed by atoms with Gasteiger partial charge in [-0.2, -0.15) is 11.8 Å². The van der Waals surface area contributed by atoms with Crippen molar-refractivity contribution < 1.29 is 67.6 Å². The number of urea groups is 1. The summed E-state index contributed by atoms with van der Waals surface area (Å²) in [5, 5.41) is 45.9. The number of rotatable bonds is 34. The van der Waals surface area contributed by atoms with Gasteiger partial charge in [-0.05, 0) is 32.6 Å².